The Hall–Kier alpha value is -2.71. The van der Waals surface area contributed by atoms with Crippen LogP contribution in [0.1, 0.15) is 34.1 Å². The van der Waals surface area contributed by atoms with Crippen LogP contribution < -0.4 is 10.0 Å². The zero-order valence-corrected chi connectivity index (χ0v) is 15.3. The van der Waals surface area contributed by atoms with Crippen molar-refractivity contribution in [2.24, 2.45) is 0 Å². The molecule has 0 saturated heterocycles. The lowest BCUT2D eigenvalue weighted by molar-refractivity contribution is 0.0600. The molecule has 0 unspecified atom stereocenters. The standard InChI is InChI=1S/C18H20N2O5S/c1-3-12-19-26(23,24)16-10-8-15(9-11-16)20-17(21)13-4-6-14(7-5-13)18(22)25-2/h4-11,19H,3,12H2,1-2H3,(H,20,21). The number of ether oxygens (including phenoxy) is 1. The van der Waals surface area contributed by atoms with Crippen LogP contribution in [-0.2, 0) is 14.8 Å². The van der Waals surface area contributed by atoms with Gasteiger partial charge >= 0.3 is 5.97 Å². The third kappa shape index (κ3) is 4.90. The maximum absolute atomic E-state index is 12.2. The van der Waals surface area contributed by atoms with Crippen molar-refractivity contribution in [3.63, 3.8) is 0 Å². The predicted molar refractivity (Wildman–Crippen MR) is 97.7 cm³/mol. The minimum atomic E-state index is -3.54. The Morgan fingerprint density at radius 1 is 0.962 bits per heavy atom. The van der Waals surface area contributed by atoms with Gasteiger partial charge in [-0.05, 0) is 55.0 Å². The predicted octanol–water partition coefficient (Wildman–Crippen LogP) is 2.41. The minimum absolute atomic E-state index is 0.131. The van der Waals surface area contributed by atoms with Crippen molar-refractivity contribution in [1.29, 1.82) is 0 Å². The largest absolute Gasteiger partial charge is 0.465 e. The van der Waals surface area contributed by atoms with E-state index in [2.05, 4.69) is 14.8 Å². The van der Waals surface area contributed by atoms with Crippen LogP contribution in [-0.4, -0.2) is 33.9 Å². The summed E-state index contributed by atoms with van der Waals surface area (Å²) in [6.07, 6.45) is 0.697. The van der Waals surface area contributed by atoms with Gasteiger partial charge in [0.15, 0.2) is 0 Å². The van der Waals surface area contributed by atoms with E-state index in [4.69, 9.17) is 0 Å². The van der Waals surface area contributed by atoms with E-state index >= 15 is 0 Å². The molecule has 2 aromatic carbocycles. The number of rotatable bonds is 7. The Balaban J connectivity index is 2.06. The number of benzene rings is 2. The Bertz CT molecular complexity index is 875. The van der Waals surface area contributed by atoms with Gasteiger partial charge in [0.1, 0.15) is 0 Å². The zero-order chi connectivity index (χ0) is 19.2. The molecule has 7 nitrogen and oxygen atoms in total. The van der Waals surface area contributed by atoms with E-state index in [0.717, 1.165) is 0 Å². The van der Waals surface area contributed by atoms with E-state index in [0.29, 0.717) is 29.8 Å². The number of methoxy groups -OCH3 is 1. The van der Waals surface area contributed by atoms with E-state index in [-0.39, 0.29) is 10.8 Å². The first kappa shape index (κ1) is 19.6. The molecular formula is C18H20N2O5S. The number of sulfonamides is 1. The van der Waals surface area contributed by atoms with E-state index < -0.39 is 16.0 Å². The van der Waals surface area contributed by atoms with E-state index in [1.54, 1.807) is 0 Å². The van der Waals surface area contributed by atoms with E-state index in [1.165, 1.54) is 55.6 Å². The van der Waals surface area contributed by atoms with Crippen LogP contribution in [0, 0.1) is 0 Å². The number of esters is 1. The highest BCUT2D eigenvalue weighted by Crippen LogP contribution is 2.15. The zero-order valence-electron chi connectivity index (χ0n) is 14.5. The summed E-state index contributed by atoms with van der Waals surface area (Å²) in [5.74, 6) is -0.855. The van der Waals surface area contributed by atoms with Crippen molar-refractivity contribution < 1.29 is 22.7 Å². The monoisotopic (exact) mass is 376 g/mol. The van der Waals surface area contributed by atoms with Crippen LogP contribution in [0.25, 0.3) is 0 Å². The molecule has 1 amide bonds. The van der Waals surface area contributed by atoms with Crippen LogP contribution in [0.15, 0.2) is 53.4 Å². The molecule has 0 bridgehead atoms. The number of carbonyl (C=O) groups excluding carboxylic acids is 2. The lowest BCUT2D eigenvalue weighted by Gasteiger charge is -2.08. The summed E-state index contributed by atoms with van der Waals surface area (Å²) in [6.45, 7) is 2.24. The minimum Gasteiger partial charge on any atom is -0.465 e. The average Bonchev–Trinajstić information content (AvgIpc) is 2.66. The molecule has 0 aliphatic heterocycles. The number of amides is 1. The first-order chi connectivity index (χ1) is 12.4. The summed E-state index contributed by atoms with van der Waals surface area (Å²) in [7, 11) is -2.26. The lowest BCUT2D eigenvalue weighted by Crippen LogP contribution is -2.24. The number of hydrogen-bond donors (Lipinski definition) is 2. The first-order valence-electron chi connectivity index (χ1n) is 7.97. The maximum Gasteiger partial charge on any atom is 0.337 e. The molecule has 0 saturated carbocycles. The van der Waals surface area contributed by atoms with Crippen molar-refractivity contribution in [3.05, 3.63) is 59.7 Å². The quantitative estimate of drug-likeness (QED) is 0.723. The molecular weight excluding hydrogens is 356 g/mol. The summed E-state index contributed by atoms with van der Waals surface area (Å²) >= 11 is 0. The second-order valence-corrected chi connectivity index (χ2v) is 7.21. The average molecular weight is 376 g/mol. The highest BCUT2D eigenvalue weighted by molar-refractivity contribution is 7.89. The Morgan fingerprint density at radius 3 is 2.08 bits per heavy atom. The van der Waals surface area contributed by atoms with E-state index in [1.807, 2.05) is 6.92 Å². The number of anilines is 1. The molecule has 0 fully saturated rings. The van der Waals surface area contributed by atoms with Crippen molar-refractivity contribution in [2.75, 3.05) is 19.0 Å². The fourth-order valence-corrected chi connectivity index (χ4v) is 3.25. The van der Waals surface area contributed by atoms with Crippen molar-refractivity contribution in [1.82, 2.24) is 4.72 Å². The van der Waals surface area contributed by atoms with Crippen LogP contribution >= 0.6 is 0 Å². The molecule has 2 aromatic rings. The second-order valence-electron chi connectivity index (χ2n) is 5.45. The lowest BCUT2D eigenvalue weighted by atomic mass is 10.1. The number of nitrogens with one attached hydrogen (secondary N) is 2. The third-order valence-electron chi connectivity index (χ3n) is 3.53. The molecule has 138 valence electrons. The Kier molecular flexibility index (Phi) is 6.48. The van der Waals surface area contributed by atoms with Gasteiger partial charge in [-0.2, -0.15) is 0 Å². The molecule has 26 heavy (non-hydrogen) atoms. The fraction of sp³-hybridized carbons (Fsp3) is 0.222. The van der Waals surface area contributed by atoms with E-state index in [9.17, 15) is 18.0 Å². The van der Waals surface area contributed by atoms with Crippen LogP contribution in [0.2, 0.25) is 0 Å². The fourth-order valence-electron chi connectivity index (χ4n) is 2.12. The Morgan fingerprint density at radius 2 is 1.54 bits per heavy atom. The van der Waals surface area contributed by atoms with Gasteiger partial charge in [-0.25, -0.2) is 17.9 Å². The molecule has 0 spiro atoms. The summed E-state index contributed by atoms with van der Waals surface area (Å²) in [5, 5.41) is 2.67. The molecule has 0 atom stereocenters. The van der Waals surface area contributed by atoms with Gasteiger partial charge in [0.2, 0.25) is 10.0 Å². The van der Waals surface area contributed by atoms with Crippen molar-refractivity contribution in [3.8, 4) is 0 Å². The van der Waals surface area contributed by atoms with Crippen molar-refractivity contribution in [2.45, 2.75) is 18.2 Å². The number of carbonyl (C=O) groups is 2. The summed E-state index contributed by atoms with van der Waals surface area (Å²) in [4.78, 5) is 23.7. The van der Waals surface area contributed by atoms with Gasteiger partial charge in [0.05, 0.1) is 17.6 Å². The maximum atomic E-state index is 12.2. The number of hydrogen-bond acceptors (Lipinski definition) is 5. The molecule has 2 rings (SSSR count). The summed E-state index contributed by atoms with van der Waals surface area (Å²) in [5.41, 5.74) is 1.17. The molecule has 0 heterocycles. The van der Waals surface area contributed by atoms with Crippen LogP contribution in [0.3, 0.4) is 0 Å². The van der Waals surface area contributed by atoms with Gasteiger partial charge < -0.3 is 10.1 Å². The molecule has 2 N–H and O–H groups in total. The smallest absolute Gasteiger partial charge is 0.337 e. The molecule has 0 aliphatic rings. The first-order valence-corrected chi connectivity index (χ1v) is 9.45. The normalized spacial score (nSPS) is 11.0. The molecule has 0 aliphatic carbocycles. The highest BCUT2D eigenvalue weighted by Gasteiger charge is 2.13. The SMILES string of the molecule is CCCNS(=O)(=O)c1ccc(NC(=O)c2ccc(C(=O)OC)cc2)cc1. The van der Waals surface area contributed by atoms with Crippen molar-refractivity contribution >= 4 is 27.6 Å². The summed E-state index contributed by atoms with van der Waals surface area (Å²) in [6, 6.07) is 11.9. The molecule has 0 aromatic heterocycles. The van der Waals surface area contributed by atoms with Crippen LogP contribution in [0.4, 0.5) is 5.69 Å². The topological polar surface area (TPSA) is 102 Å². The van der Waals surface area contributed by atoms with Gasteiger partial charge in [0, 0.05) is 17.8 Å². The Labute approximate surface area is 152 Å². The van der Waals surface area contributed by atoms with Gasteiger partial charge in [-0.1, -0.05) is 6.92 Å². The van der Waals surface area contributed by atoms with Gasteiger partial charge in [-0.3, -0.25) is 4.79 Å². The van der Waals surface area contributed by atoms with Gasteiger partial charge in [0.25, 0.3) is 5.91 Å². The van der Waals surface area contributed by atoms with Crippen LogP contribution in [0.5, 0.6) is 0 Å². The highest BCUT2D eigenvalue weighted by atomic mass is 32.2. The molecule has 8 heteroatoms. The summed E-state index contributed by atoms with van der Waals surface area (Å²) < 4.78 is 31.1. The third-order valence-corrected chi connectivity index (χ3v) is 5.01. The second kappa shape index (κ2) is 8.59. The van der Waals surface area contributed by atoms with Gasteiger partial charge in [-0.15, -0.1) is 0 Å². The molecule has 0 radical (unpaired) electrons.